The first kappa shape index (κ1) is 10.2. The van der Waals surface area contributed by atoms with Gasteiger partial charge in [0.2, 0.25) is 0 Å². The maximum atomic E-state index is 11.4. The molecule has 1 unspecified atom stereocenters. The molecular formula is C9H12O3S. The number of hydrogen-bond donors (Lipinski definition) is 1. The van der Waals surface area contributed by atoms with Gasteiger partial charge in [-0.1, -0.05) is 0 Å². The van der Waals surface area contributed by atoms with Gasteiger partial charge in [0.1, 0.15) is 5.75 Å². The third-order valence-corrected chi connectivity index (χ3v) is 2.98. The predicted octanol–water partition coefficient (Wildman–Crippen LogP) is 1.53. The van der Waals surface area contributed by atoms with Crippen molar-refractivity contribution >= 4 is 11.2 Å². The fraction of sp³-hybridized carbons (Fsp3) is 0.333. The monoisotopic (exact) mass is 200 g/mol. The fourth-order valence-corrected chi connectivity index (χ4v) is 1.76. The number of hydrogen-bond acceptors (Lipinski definition) is 3. The van der Waals surface area contributed by atoms with Crippen LogP contribution in [0.3, 0.4) is 0 Å². The molecule has 1 rings (SSSR count). The van der Waals surface area contributed by atoms with Crippen LogP contribution in [0, 0.1) is 0 Å². The molecule has 0 aliphatic rings. The molecule has 1 aromatic rings. The van der Waals surface area contributed by atoms with Gasteiger partial charge in [0.05, 0.1) is 7.11 Å². The number of rotatable bonds is 3. The third kappa shape index (κ3) is 2.29. The minimum atomic E-state index is -1.00. The molecule has 0 saturated heterocycles. The standard InChI is InChI=1S/C9H12O3S/c1-3-13(11)7-4-5-8(10)9(6-7)12-2/h4-6,10H,3H2,1-2H3. The Kier molecular flexibility index (Phi) is 3.45. The normalized spacial score (nSPS) is 12.5. The van der Waals surface area contributed by atoms with Gasteiger partial charge in [0, 0.05) is 6.07 Å². The molecule has 0 bridgehead atoms. The summed E-state index contributed by atoms with van der Waals surface area (Å²) in [7, 11) is 1.47. The first-order valence-corrected chi connectivity index (χ1v) is 5.26. The molecule has 0 aromatic heterocycles. The highest BCUT2D eigenvalue weighted by molar-refractivity contribution is 7.91. The molecule has 1 aromatic carbocycles. The van der Waals surface area contributed by atoms with E-state index >= 15 is 0 Å². The molecule has 0 aliphatic carbocycles. The second-order valence-corrected chi connectivity index (χ2v) is 4.21. The summed E-state index contributed by atoms with van der Waals surface area (Å²) in [6.45, 7) is 1.84. The molecule has 1 atom stereocenters. The average Bonchev–Trinajstić information content (AvgIpc) is 2.17. The summed E-state index contributed by atoms with van der Waals surface area (Å²) >= 11 is -1.00. The molecule has 4 heteroatoms. The SMILES string of the molecule is CC[S+]([O-])c1ccc(O)c(OC)c1. The lowest BCUT2D eigenvalue weighted by molar-refractivity contribution is 0.372. The first-order valence-electron chi connectivity index (χ1n) is 3.94. The zero-order valence-electron chi connectivity index (χ0n) is 7.61. The number of methoxy groups -OCH3 is 1. The molecule has 1 N–H and O–H groups in total. The molecule has 72 valence electrons. The van der Waals surface area contributed by atoms with Gasteiger partial charge in [-0.2, -0.15) is 0 Å². The zero-order chi connectivity index (χ0) is 9.84. The summed E-state index contributed by atoms with van der Waals surface area (Å²) in [5.74, 6) is 0.993. The molecule has 0 saturated carbocycles. The van der Waals surface area contributed by atoms with Crippen LogP contribution in [0.4, 0.5) is 0 Å². The van der Waals surface area contributed by atoms with E-state index in [0.717, 1.165) is 0 Å². The van der Waals surface area contributed by atoms with Crippen LogP contribution in [0.5, 0.6) is 11.5 Å². The summed E-state index contributed by atoms with van der Waals surface area (Å²) in [5, 5.41) is 9.27. The van der Waals surface area contributed by atoms with E-state index in [2.05, 4.69) is 0 Å². The number of ether oxygens (including phenoxy) is 1. The molecular weight excluding hydrogens is 188 g/mol. The van der Waals surface area contributed by atoms with Crippen LogP contribution < -0.4 is 4.74 Å². The van der Waals surface area contributed by atoms with Crippen molar-refractivity contribution in [3.05, 3.63) is 18.2 Å². The Morgan fingerprint density at radius 2 is 2.23 bits per heavy atom. The van der Waals surface area contributed by atoms with Crippen LogP contribution in [0.25, 0.3) is 0 Å². The van der Waals surface area contributed by atoms with Crippen LogP contribution in [0.15, 0.2) is 23.1 Å². The zero-order valence-corrected chi connectivity index (χ0v) is 8.43. The second-order valence-electron chi connectivity index (χ2n) is 2.47. The topological polar surface area (TPSA) is 52.5 Å². The van der Waals surface area contributed by atoms with Gasteiger partial charge in [-0.3, -0.25) is 0 Å². The van der Waals surface area contributed by atoms with Crippen LogP contribution >= 0.6 is 0 Å². The highest BCUT2D eigenvalue weighted by Crippen LogP contribution is 2.28. The van der Waals surface area contributed by atoms with Gasteiger partial charge < -0.3 is 14.4 Å². The van der Waals surface area contributed by atoms with Crippen molar-refractivity contribution in [1.82, 2.24) is 0 Å². The van der Waals surface area contributed by atoms with E-state index in [0.29, 0.717) is 16.4 Å². The van der Waals surface area contributed by atoms with E-state index in [1.165, 1.54) is 13.2 Å². The molecule has 0 aliphatic heterocycles. The van der Waals surface area contributed by atoms with Gasteiger partial charge in [-0.05, 0) is 30.2 Å². The predicted molar refractivity (Wildman–Crippen MR) is 51.6 cm³/mol. The van der Waals surface area contributed by atoms with Crippen molar-refractivity contribution < 1.29 is 14.4 Å². The fourth-order valence-electron chi connectivity index (χ4n) is 0.966. The van der Waals surface area contributed by atoms with Gasteiger partial charge in [-0.25, -0.2) is 0 Å². The van der Waals surface area contributed by atoms with E-state index in [1.54, 1.807) is 12.1 Å². The Morgan fingerprint density at radius 1 is 1.54 bits per heavy atom. The Labute approximate surface area is 80.5 Å². The number of aromatic hydroxyl groups is 1. The Balaban J connectivity index is 2.99. The lowest BCUT2D eigenvalue weighted by atomic mass is 10.3. The van der Waals surface area contributed by atoms with Crippen molar-refractivity contribution in [2.45, 2.75) is 11.8 Å². The first-order chi connectivity index (χ1) is 6.19. The second kappa shape index (κ2) is 4.39. The summed E-state index contributed by atoms with van der Waals surface area (Å²) in [6, 6.07) is 4.72. The van der Waals surface area contributed by atoms with E-state index in [1.807, 2.05) is 6.92 Å². The van der Waals surface area contributed by atoms with Crippen molar-refractivity contribution in [3.8, 4) is 11.5 Å². The summed E-state index contributed by atoms with van der Waals surface area (Å²) in [4.78, 5) is 0.678. The summed E-state index contributed by atoms with van der Waals surface area (Å²) < 4.78 is 16.3. The van der Waals surface area contributed by atoms with Crippen molar-refractivity contribution in [2.24, 2.45) is 0 Å². The smallest absolute Gasteiger partial charge is 0.165 e. The van der Waals surface area contributed by atoms with E-state index in [9.17, 15) is 9.66 Å². The van der Waals surface area contributed by atoms with E-state index in [-0.39, 0.29) is 5.75 Å². The van der Waals surface area contributed by atoms with E-state index in [4.69, 9.17) is 4.74 Å². The quantitative estimate of drug-likeness (QED) is 0.753. The minimum absolute atomic E-state index is 0.0688. The largest absolute Gasteiger partial charge is 0.611 e. The molecule has 0 amide bonds. The van der Waals surface area contributed by atoms with E-state index < -0.39 is 11.2 Å². The van der Waals surface area contributed by atoms with Crippen LogP contribution in [0.1, 0.15) is 6.92 Å². The average molecular weight is 200 g/mol. The molecule has 0 heterocycles. The third-order valence-electron chi connectivity index (χ3n) is 1.68. The molecule has 13 heavy (non-hydrogen) atoms. The lowest BCUT2D eigenvalue weighted by Crippen LogP contribution is -2.03. The highest BCUT2D eigenvalue weighted by Gasteiger charge is 2.11. The Morgan fingerprint density at radius 3 is 2.77 bits per heavy atom. The Hall–Kier alpha value is -0.870. The van der Waals surface area contributed by atoms with Gasteiger partial charge in [0.15, 0.2) is 16.4 Å². The maximum absolute atomic E-state index is 11.4. The van der Waals surface area contributed by atoms with Crippen molar-refractivity contribution in [2.75, 3.05) is 12.9 Å². The summed E-state index contributed by atoms with van der Waals surface area (Å²) in [6.07, 6.45) is 0. The van der Waals surface area contributed by atoms with Gasteiger partial charge in [-0.15, -0.1) is 0 Å². The molecule has 0 fully saturated rings. The van der Waals surface area contributed by atoms with Gasteiger partial charge >= 0.3 is 0 Å². The number of benzene rings is 1. The van der Waals surface area contributed by atoms with Crippen LogP contribution in [0.2, 0.25) is 0 Å². The summed E-state index contributed by atoms with van der Waals surface area (Å²) in [5.41, 5.74) is 0. The lowest BCUT2D eigenvalue weighted by Gasteiger charge is -2.09. The van der Waals surface area contributed by atoms with Crippen molar-refractivity contribution in [3.63, 3.8) is 0 Å². The number of phenols is 1. The maximum Gasteiger partial charge on any atom is 0.165 e. The number of phenolic OH excluding ortho intramolecular Hbond substituents is 1. The van der Waals surface area contributed by atoms with Gasteiger partial charge in [0.25, 0.3) is 0 Å². The minimum Gasteiger partial charge on any atom is -0.611 e. The van der Waals surface area contributed by atoms with Crippen molar-refractivity contribution in [1.29, 1.82) is 0 Å². The Bertz CT molecular complexity index is 288. The van der Waals surface area contributed by atoms with Crippen LogP contribution in [-0.4, -0.2) is 22.5 Å². The molecule has 3 nitrogen and oxygen atoms in total. The molecule has 0 radical (unpaired) electrons. The highest BCUT2D eigenvalue weighted by atomic mass is 32.2. The van der Waals surface area contributed by atoms with Crippen LogP contribution in [-0.2, 0) is 11.2 Å². The molecule has 0 spiro atoms.